The zero-order chi connectivity index (χ0) is 13.3. The van der Waals surface area contributed by atoms with E-state index in [0.29, 0.717) is 17.0 Å². The van der Waals surface area contributed by atoms with Gasteiger partial charge in [0.15, 0.2) is 0 Å². The SMILES string of the molecule is Cc1nc(CC(N)c2ccc(Cl)cc2F)sc1C. The summed E-state index contributed by atoms with van der Waals surface area (Å²) in [6.07, 6.45) is 0.540. The Labute approximate surface area is 115 Å². The van der Waals surface area contributed by atoms with Crippen LogP contribution in [0.2, 0.25) is 5.02 Å². The van der Waals surface area contributed by atoms with Crippen molar-refractivity contribution in [2.75, 3.05) is 0 Å². The van der Waals surface area contributed by atoms with Crippen LogP contribution in [-0.4, -0.2) is 4.98 Å². The van der Waals surface area contributed by atoms with Gasteiger partial charge in [0.1, 0.15) is 5.82 Å². The molecule has 2 aromatic rings. The first-order chi connectivity index (χ1) is 8.47. The molecule has 0 aliphatic heterocycles. The zero-order valence-corrected chi connectivity index (χ0v) is 11.8. The molecule has 0 fully saturated rings. The fraction of sp³-hybridized carbons (Fsp3) is 0.308. The van der Waals surface area contributed by atoms with Gasteiger partial charge in [0, 0.05) is 27.9 Å². The first kappa shape index (κ1) is 13.5. The molecule has 0 radical (unpaired) electrons. The molecule has 1 unspecified atom stereocenters. The summed E-state index contributed by atoms with van der Waals surface area (Å²) in [4.78, 5) is 5.59. The van der Waals surface area contributed by atoms with E-state index in [-0.39, 0.29) is 5.82 Å². The third-order valence-corrected chi connectivity index (χ3v) is 4.16. The topological polar surface area (TPSA) is 38.9 Å². The predicted octanol–water partition coefficient (Wildman–Crippen LogP) is 3.79. The van der Waals surface area contributed by atoms with E-state index in [1.165, 1.54) is 10.9 Å². The number of hydrogen-bond acceptors (Lipinski definition) is 3. The molecule has 0 amide bonds. The quantitative estimate of drug-likeness (QED) is 0.931. The molecule has 1 heterocycles. The summed E-state index contributed by atoms with van der Waals surface area (Å²) in [6, 6.07) is 4.18. The Morgan fingerprint density at radius 1 is 1.44 bits per heavy atom. The lowest BCUT2D eigenvalue weighted by molar-refractivity contribution is 0.580. The van der Waals surface area contributed by atoms with Crippen LogP contribution in [0.15, 0.2) is 18.2 Å². The average Bonchev–Trinajstić information content (AvgIpc) is 2.57. The Bertz CT molecular complexity index is 549. The van der Waals surface area contributed by atoms with E-state index in [4.69, 9.17) is 17.3 Å². The maximum Gasteiger partial charge on any atom is 0.129 e. The molecule has 1 atom stereocenters. The van der Waals surface area contributed by atoms with Gasteiger partial charge in [-0.3, -0.25) is 0 Å². The molecule has 0 aliphatic rings. The van der Waals surface area contributed by atoms with Crippen LogP contribution in [0.4, 0.5) is 4.39 Å². The summed E-state index contributed by atoms with van der Waals surface area (Å²) in [5.74, 6) is -0.361. The summed E-state index contributed by atoms with van der Waals surface area (Å²) >= 11 is 7.32. The van der Waals surface area contributed by atoms with Crippen molar-refractivity contribution in [3.8, 4) is 0 Å². The second-order valence-electron chi connectivity index (χ2n) is 4.23. The minimum Gasteiger partial charge on any atom is -0.324 e. The van der Waals surface area contributed by atoms with Crippen LogP contribution in [0.1, 0.15) is 27.2 Å². The molecular weight excluding hydrogens is 271 g/mol. The highest BCUT2D eigenvalue weighted by Crippen LogP contribution is 2.25. The largest absolute Gasteiger partial charge is 0.324 e. The van der Waals surface area contributed by atoms with Crippen LogP contribution in [0, 0.1) is 19.7 Å². The molecule has 2 N–H and O–H groups in total. The zero-order valence-electron chi connectivity index (χ0n) is 10.2. The summed E-state index contributed by atoms with van der Waals surface area (Å²) in [7, 11) is 0. The highest BCUT2D eigenvalue weighted by Gasteiger charge is 2.15. The summed E-state index contributed by atoms with van der Waals surface area (Å²) in [5.41, 5.74) is 7.51. The minimum atomic E-state index is -0.396. The summed E-state index contributed by atoms with van der Waals surface area (Å²) in [5, 5.41) is 1.32. The van der Waals surface area contributed by atoms with Crippen LogP contribution in [0.5, 0.6) is 0 Å². The second kappa shape index (κ2) is 5.34. The van der Waals surface area contributed by atoms with Crippen LogP contribution in [0.25, 0.3) is 0 Å². The van der Waals surface area contributed by atoms with Crippen molar-refractivity contribution in [1.82, 2.24) is 4.98 Å². The van der Waals surface area contributed by atoms with E-state index in [2.05, 4.69) is 4.98 Å². The third kappa shape index (κ3) is 2.88. The van der Waals surface area contributed by atoms with Gasteiger partial charge in [0.25, 0.3) is 0 Å². The molecule has 0 saturated carbocycles. The fourth-order valence-corrected chi connectivity index (χ4v) is 2.88. The molecule has 2 nitrogen and oxygen atoms in total. The Balaban J connectivity index is 2.19. The molecule has 96 valence electrons. The number of aryl methyl sites for hydroxylation is 2. The van der Waals surface area contributed by atoms with Crippen LogP contribution < -0.4 is 5.73 Å². The van der Waals surface area contributed by atoms with Gasteiger partial charge in [0.2, 0.25) is 0 Å². The van der Waals surface area contributed by atoms with Crippen molar-refractivity contribution < 1.29 is 4.39 Å². The molecule has 1 aromatic carbocycles. The van der Waals surface area contributed by atoms with Gasteiger partial charge in [-0.25, -0.2) is 9.37 Å². The molecule has 18 heavy (non-hydrogen) atoms. The average molecular weight is 285 g/mol. The monoisotopic (exact) mass is 284 g/mol. The summed E-state index contributed by atoms with van der Waals surface area (Å²) in [6.45, 7) is 3.98. The van der Waals surface area contributed by atoms with E-state index >= 15 is 0 Å². The Morgan fingerprint density at radius 3 is 2.72 bits per heavy atom. The second-order valence-corrected chi connectivity index (χ2v) is 5.95. The van der Waals surface area contributed by atoms with Gasteiger partial charge in [-0.05, 0) is 26.0 Å². The van der Waals surface area contributed by atoms with Crippen molar-refractivity contribution in [2.45, 2.75) is 26.3 Å². The number of nitrogens with two attached hydrogens (primary N) is 1. The minimum absolute atomic E-state index is 0.361. The van der Waals surface area contributed by atoms with Crippen molar-refractivity contribution in [3.05, 3.63) is 50.2 Å². The Hall–Kier alpha value is -0.970. The van der Waals surface area contributed by atoms with Crippen molar-refractivity contribution in [1.29, 1.82) is 0 Å². The van der Waals surface area contributed by atoms with Gasteiger partial charge in [-0.2, -0.15) is 0 Å². The highest BCUT2D eigenvalue weighted by molar-refractivity contribution is 7.11. The van der Waals surface area contributed by atoms with Crippen molar-refractivity contribution in [2.24, 2.45) is 5.73 Å². The normalized spacial score (nSPS) is 12.7. The smallest absolute Gasteiger partial charge is 0.129 e. The van der Waals surface area contributed by atoms with Gasteiger partial charge in [-0.1, -0.05) is 17.7 Å². The van der Waals surface area contributed by atoms with Crippen molar-refractivity contribution in [3.63, 3.8) is 0 Å². The van der Waals surface area contributed by atoms with Gasteiger partial charge in [-0.15, -0.1) is 11.3 Å². The molecule has 2 rings (SSSR count). The van der Waals surface area contributed by atoms with Gasteiger partial charge >= 0.3 is 0 Å². The van der Waals surface area contributed by atoms with Crippen LogP contribution in [-0.2, 0) is 6.42 Å². The standard InChI is InChI=1S/C13H14ClFN2S/c1-7-8(2)18-13(17-7)6-12(16)10-4-3-9(14)5-11(10)15/h3-5,12H,6,16H2,1-2H3. The van der Waals surface area contributed by atoms with Gasteiger partial charge < -0.3 is 5.73 Å². The number of benzene rings is 1. The lowest BCUT2D eigenvalue weighted by Gasteiger charge is -2.11. The maximum atomic E-state index is 13.7. The van der Waals surface area contributed by atoms with Crippen LogP contribution >= 0.6 is 22.9 Å². The Kier molecular flexibility index (Phi) is 4.00. The van der Waals surface area contributed by atoms with E-state index < -0.39 is 6.04 Å². The number of halogens is 2. The molecule has 0 saturated heterocycles. The summed E-state index contributed by atoms with van der Waals surface area (Å²) < 4.78 is 13.7. The fourth-order valence-electron chi connectivity index (χ4n) is 1.73. The van der Waals surface area contributed by atoms with Gasteiger partial charge in [0.05, 0.1) is 10.7 Å². The number of hydrogen-bond donors (Lipinski definition) is 1. The van der Waals surface area contributed by atoms with E-state index in [1.54, 1.807) is 23.5 Å². The Morgan fingerprint density at radius 2 is 2.17 bits per heavy atom. The van der Waals surface area contributed by atoms with E-state index in [9.17, 15) is 4.39 Å². The van der Waals surface area contributed by atoms with E-state index in [0.717, 1.165) is 10.7 Å². The lowest BCUT2D eigenvalue weighted by Crippen LogP contribution is -2.14. The van der Waals surface area contributed by atoms with E-state index in [1.807, 2.05) is 13.8 Å². The molecule has 0 aliphatic carbocycles. The van der Waals surface area contributed by atoms with Crippen molar-refractivity contribution >= 4 is 22.9 Å². The first-order valence-corrected chi connectivity index (χ1v) is 6.80. The molecule has 1 aromatic heterocycles. The number of thiazole rings is 1. The predicted molar refractivity (Wildman–Crippen MR) is 73.6 cm³/mol. The lowest BCUT2D eigenvalue weighted by atomic mass is 10.0. The molecule has 0 bridgehead atoms. The molecular formula is C13H14ClFN2S. The molecule has 5 heteroatoms. The molecule has 0 spiro atoms. The third-order valence-electron chi connectivity index (χ3n) is 2.83. The number of nitrogens with zero attached hydrogens (tertiary/aromatic N) is 1. The number of aromatic nitrogens is 1. The highest BCUT2D eigenvalue weighted by atomic mass is 35.5. The maximum absolute atomic E-state index is 13.7. The first-order valence-electron chi connectivity index (χ1n) is 5.61. The van der Waals surface area contributed by atoms with Crippen LogP contribution in [0.3, 0.4) is 0 Å². The number of rotatable bonds is 3.